The monoisotopic (exact) mass is 190 g/mol. The summed E-state index contributed by atoms with van der Waals surface area (Å²) in [6, 6.07) is 3.16. The molecule has 0 bridgehead atoms. The number of phenols is 2. The first-order valence-corrected chi connectivity index (χ1v) is 4.65. The van der Waals surface area contributed by atoms with Gasteiger partial charge in [0.25, 0.3) is 0 Å². The Kier molecular flexibility index (Phi) is 1.35. The van der Waals surface area contributed by atoms with Gasteiger partial charge in [0.2, 0.25) is 0 Å². The lowest BCUT2D eigenvalue weighted by molar-refractivity contribution is 0.232. The summed E-state index contributed by atoms with van der Waals surface area (Å²) in [6.45, 7) is 0. The van der Waals surface area contributed by atoms with Crippen molar-refractivity contribution in [1.82, 2.24) is 0 Å². The third-order valence-electron chi connectivity index (χ3n) is 2.88. The second-order valence-corrected chi connectivity index (χ2v) is 3.69. The zero-order chi connectivity index (χ0) is 9.71. The summed E-state index contributed by atoms with van der Waals surface area (Å²) in [5.74, 6) is 0.687. The molecule has 2 aliphatic rings. The summed E-state index contributed by atoms with van der Waals surface area (Å²) in [6.07, 6.45) is 5.05. The maximum Gasteiger partial charge on any atom is 0.165 e. The molecule has 1 aromatic rings. The van der Waals surface area contributed by atoms with Crippen LogP contribution in [0.2, 0.25) is 0 Å². The van der Waals surface area contributed by atoms with Crippen molar-refractivity contribution in [1.29, 1.82) is 0 Å². The van der Waals surface area contributed by atoms with Gasteiger partial charge in [0.1, 0.15) is 11.9 Å². The van der Waals surface area contributed by atoms with Crippen LogP contribution in [-0.4, -0.2) is 16.3 Å². The second-order valence-electron chi connectivity index (χ2n) is 3.69. The number of hydrogen-bond donors (Lipinski definition) is 2. The van der Waals surface area contributed by atoms with E-state index in [1.807, 2.05) is 12.2 Å². The Morgan fingerprint density at radius 3 is 3.00 bits per heavy atom. The van der Waals surface area contributed by atoms with E-state index in [2.05, 4.69) is 0 Å². The second kappa shape index (κ2) is 2.44. The minimum Gasteiger partial charge on any atom is -0.504 e. The summed E-state index contributed by atoms with van der Waals surface area (Å²) in [5, 5.41) is 19.1. The summed E-state index contributed by atoms with van der Waals surface area (Å²) < 4.78 is 5.63. The molecule has 0 aromatic heterocycles. The Hall–Kier alpha value is -1.64. The molecular weight excluding hydrogens is 180 g/mol. The zero-order valence-electron chi connectivity index (χ0n) is 7.47. The first kappa shape index (κ1) is 7.74. The average Bonchev–Trinajstić information content (AvgIpc) is 2.70. The quantitative estimate of drug-likeness (QED) is 0.485. The number of hydrogen-bond acceptors (Lipinski definition) is 3. The highest BCUT2D eigenvalue weighted by Crippen LogP contribution is 2.50. The van der Waals surface area contributed by atoms with Crippen LogP contribution in [0.4, 0.5) is 0 Å². The van der Waals surface area contributed by atoms with Crippen LogP contribution in [-0.2, 0) is 0 Å². The van der Waals surface area contributed by atoms with Gasteiger partial charge in [0.15, 0.2) is 11.5 Å². The predicted molar refractivity (Wildman–Crippen MR) is 50.7 cm³/mol. The average molecular weight is 190 g/mol. The van der Waals surface area contributed by atoms with Crippen LogP contribution in [0.5, 0.6) is 17.2 Å². The van der Waals surface area contributed by atoms with Gasteiger partial charge in [0, 0.05) is 12.3 Å². The SMILES string of the molecule is Oc1ccc2c(c1O)C1C=CCC1O2. The fourth-order valence-corrected chi connectivity index (χ4v) is 2.20. The van der Waals surface area contributed by atoms with Gasteiger partial charge in [-0.25, -0.2) is 0 Å². The van der Waals surface area contributed by atoms with Gasteiger partial charge < -0.3 is 14.9 Å². The fourth-order valence-electron chi connectivity index (χ4n) is 2.20. The molecule has 0 saturated heterocycles. The smallest absolute Gasteiger partial charge is 0.165 e. The van der Waals surface area contributed by atoms with E-state index in [4.69, 9.17) is 4.74 Å². The standard InChI is InChI=1S/C11H10O3/c12-7-4-5-9-10(11(7)13)6-2-1-3-8(6)14-9/h1-2,4-6,8,12-13H,3H2. The Morgan fingerprint density at radius 1 is 1.29 bits per heavy atom. The van der Waals surface area contributed by atoms with Gasteiger partial charge in [-0.1, -0.05) is 12.2 Å². The molecule has 1 aromatic carbocycles. The van der Waals surface area contributed by atoms with Crippen LogP contribution in [0.25, 0.3) is 0 Å². The van der Waals surface area contributed by atoms with E-state index in [1.54, 1.807) is 6.07 Å². The van der Waals surface area contributed by atoms with Gasteiger partial charge in [0.05, 0.1) is 5.56 Å². The Morgan fingerprint density at radius 2 is 2.14 bits per heavy atom. The third kappa shape index (κ3) is 0.816. The molecule has 0 radical (unpaired) electrons. The van der Waals surface area contributed by atoms with Crippen molar-refractivity contribution >= 4 is 0 Å². The van der Waals surface area contributed by atoms with E-state index in [9.17, 15) is 10.2 Å². The minimum absolute atomic E-state index is 0.0402. The molecule has 1 heterocycles. The summed E-state index contributed by atoms with van der Waals surface area (Å²) in [7, 11) is 0. The molecule has 0 spiro atoms. The molecule has 0 amide bonds. The molecule has 2 atom stereocenters. The molecular formula is C11H10O3. The Balaban J connectivity index is 2.21. The number of ether oxygens (including phenoxy) is 1. The van der Waals surface area contributed by atoms with Crippen molar-refractivity contribution in [3.8, 4) is 17.2 Å². The highest BCUT2D eigenvalue weighted by atomic mass is 16.5. The first-order valence-electron chi connectivity index (χ1n) is 4.65. The zero-order valence-corrected chi connectivity index (χ0v) is 7.47. The summed E-state index contributed by atoms with van der Waals surface area (Å²) in [5.41, 5.74) is 0.726. The van der Waals surface area contributed by atoms with Crippen molar-refractivity contribution < 1.29 is 14.9 Å². The number of rotatable bonds is 0. The van der Waals surface area contributed by atoms with Crippen molar-refractivity contribution in [3.63, 3.8) is 0 Å². The van der Waals surface area contributed by atoms with E-state index >= 15 is 0 Å². The lowest BCUT2D eigenvalue weighted by atomic mass is 9.97. The lowest BCUT2D eigenvalue weighted by Crippen LogP contribution is -2.11. The maximum absolute atomic E-state index is 9.70. The molecule has 0 fully saturated rings. The first-order chi connectivity index (χ1) is 6.77. The maximum atomic E-state index is 9.70. The molecule has 3 heteroatoms. The van der Waals surface area contributed by atoms with E-state index < -0.39 is 0 Å². The molecule has 2 unspecified atom stereocenters. The highest BCUT2D eigenvalue weighted by Gasteiger charge is 2.37. The Bertz CT molecular complexity index is 423. The number of phenolic OH excluding ortho intramolecular Hbond substituents is 2. The van der Waals surface area contributed by atoms with Crippen molar-refractivity contribution in [2.75, 3.05) is 0 Å². The lowest BCUT2D eigenvalue weighted by Gasteiger charge is -2.07. The van der Waals surface area contributed by atoms with E-state index in [1.165, 1.54) is 6.07 Å². The van der Waals surface area contributed by atoms with Crippen molar-refractivity contribution in [2.45, 2.75) is 18.4 Å². The molecule has 3 nitrogen and oxygen atoms in total. The highest BCUT2D eigenvalue weighted by molar-refractivity contribution is 5.58. The van der Waals surface area contributed by atoms with Crippen LogP contribution in [0.3, 0.4) is 0 Å². The summed E-state index contributed by atoms with van der Waals surface area (Å²) in [4.78, 5) is 0. The van der Waals surface area contributed by atoms with Gasteiger partial charge in [-0.05, 0) is 12.1 Å². The van der Waals surface area contributed by atoms with Crippen LogP contribution in [0, 0.1) is 0 Å². The largest absolute Gasteiger partial charge is 0.504 e. The van der Waals surface area contributed by atoms with Gasteiger partial charge in [-0.2, -0.15) is 0 Å². The van der Waals surface area contributed by atoms with E-state index in [-0.39, 0.29) is 23.5 Å². The summed E-state index contributed by atoms with van der Waals surface area (Å²) >= 11 is 0. The molecule has 14 heavy (non-hydrogen) atoms. The minimum atomic E-state index is -0.0756. The predicted octanol–water partition coefficient (Wildman–Crippen LogP) is 1.90. The number of aromatic hydroxyl groups is 2. The van der Waals surface area contributed by atoms with Gasteiger partial charge in [-0.15, -0.1) is 0 Å². The molecule has 2 N–H and O–H groups in total. The molecule has 3 rings (SSSR count). The van der Waals surface area contributed by atoms with Crippen LogP contribution in [0.15, 0.2) is 24.3 Å². The molecule has 1 aliphatic carbocycles. The topological polar surface area (TPSA) is 49.7 Å². The molecule has 72 valence electrons. The number of fused-ring (bicyclic) bond motifs is 3. The normalized spacial score (nSPS) is 27.1. The van der Waals surface area contributed by atoms with Crippen molar-refractivity contribution in [2.24, 2.45) is 0 Å². The third-order valence-corrected chi connectivity index (χ3v) is 2.88. The fraction of sp³-hybridized carbons (Fsp3) is 0.273. The molecule has 0 saturated carbocycles. The van der Waals surface area contributed by atoms with Crippen LogP contribution < -0.4 is 4.74 Å². The number of benzene rings is 1. The van der Waals surface area contributed by atoms with Gasteiger partial charge in [-0.3, -0.25) is 0 Å². The van der Waals surface area contributed by atoms with Crippen LogP contribution in [0.1, 0.15) is 17.9 Å². The van der Waals surface area contributed by atoms with E-state index in [0.29, 0.717) is 5.75 Å². The van der Waals surface area contributed by atoms with E-state index in [0.717, 1.165) is 12.0 Å². The van der Waals surface area contributed by atoms with Crippen molar-refractivity contribution in [3.05, 3.63) is 29.8 Å². The Labute approximate surface area is 81.3 Å². The van der Waals surface area contributed by atoms with Gasteiger partial charge >= 0.3 is 0 Å². The van der Waals surface area contributed by atoms with Crippen LogP contribution >= 0.6 is 0 Å². The molecule has 1 aliphatic heterocycles.